The number of nitrogens with zero attached hydrogens (tertiary/aromatic N) is 1. The summed E-state index contributed by atoms with van der Waals surface area (Å²) in [6.45, 7) is 3.87. The van der Waals surface area contributed by atoms with E-state index in [-0.39, 0.29) is 23.3 Å². The Hall–Kier alpha value is -4.17. The number of methoxy groups -OCH3 is 1. The molecular weight excluding hydrogens is 533 g/mol. The lowest BCUT2D eigenvalue weighted by molar-refractivity contribution is -0.116. The summed E-state index contributed by atoms with van der Waals surface area (Å²) in [4.78, 5) is 31.3. The molecule has 0 saturated heterocycles. The minimum absolute atomic E-state index is 0.0137. The zero-order chi connectivity index (χ0) is 28.4. The van der Waals surface area contributed by atoms with Crippen LogP contribution in [-0.2, 0) is 16.2 Å². The number of carbonyl (C=O) groups is 2. The first kappa shape index (κ1) is 27.4. The Kier molecular flexibility index (Phi) is 7.89. The number of Topliss-reactive ketones (excluding diaryl/α,β-unsaturated/α-hetero) is 1. The van der Waals surface area contributed by atoms with E-state index in [0.29, 0.717) is 46.1 Å². The first-order chi connectivity index (χ1) is 19.2. The van der Waals surface area contributed by atoms with Crippen molar-refractivity contribution >= 4 is 29.1 Å². The first-order valence-electron chi connectivity index (χ1n) is 13.0. The van der Waals surface area contributed by atoms with Crippen molar-refractivity contribution < 1.29 is 23.5 Å². The van der Waals surface area contributed by atoms with Gasteiger partial charge in [-0.25, -0.2) is 9.37 Å². The molecule has 7 nitrogen and oxygen atoms in total. The molecular formula is C31H29ClFN3O4. The molecule has 1 amide bonds. The van der Waals surface area contributed by atoms with Crippen molar-refractivity contribution in [2.75, 3.05) is 12.4 Å². The van der Waals surface area contributed by atoms with E-state index in [2.05, 4.69) is 15.6 Å². The zero-order valence-electron chi connectivity index (χ0n) is 22.4. The van der Waals surface area contributed by atoms with Gasteiger partial charge in [-0.3, -0.25) is 9.59 Å². The molecule has 206 valence electrons. The maximum absolute atomic E-state index is 13.8. The summed E-state index contributed by atoms with van der Waals surface area (Å²) in [7, 11) is 1.56. The number of aryl methyl sites for hydroxylation is 1. The number of aromatic nitrogens is 1. The van der Waals surface area contributed by atoms with Gasteiger partial charge in [-0.15, -0.1) is 0 Å². The number of nitrogens with one attached hydrogen (secondary N) is 2. The quantitative estimate of drug-likeness (QED) is 0.348. The van der Waals surface area contributed by atoms with Gasteiger partial charge in [0.15, 0.2) is 5.78 Å². The van der Waals surface area contributed by atoms with Crippen LogP contribution >= 0.6 is 11.6 Å². The van der Waals surface area contributed by atoms with Gasteiger partial charge in [0.1, 0.15) is 29.7 Å². The number of hydrogen-bond acceptors (Lipinski definition) is 6. The van der Waals surface area contributed by atoms with Crippen molar-refractivity contribution in [2.45, 2.75) is 45.6 Å². The van der Waals surface area contributed by atoms with Crippen LogP contribution in [0.15, 0.2) is 77.3 Å². The number of anilines is 1. The number of pyridine rings is 1. The fourth-order valence-corrected chi connectivity index (χ4v) is 5.39. The largest absolute Gasteiger partial charge is 0.496 e. The van der Waals surface area contributed by atoms with Crippen LogP contribution in [0.4, 0.5) is 10.2 Å². The van der Waals surface area contributed by atoms with Crippen molar-refractivity contribution in [1.29, 1.82) is 0 Å². The van der Waals surface area contributed by atoms with Crippen LogP contribution in [0, 0.1) is 12.7 Å². The van der Waals surface area contributed by atoms with Gasteiger partial charge in [0.25, 0.3) is 5.91 Å². The van der Waals surface area contributed by atoms with Crippen molar-refractivity contribution in [3.05, 3.63) is 105 Å². The summed E-state index contributed by atoms with van der Waals surface area (Å²) in [6.07, 6.45) is 3.53. The monoisotopic (exact) mass is 561 g/mol. The number of benzene rings is 2. The lowest BCUT2D eigenvalue weighted by Crippen LogP contribution is -2.35. The van der Waals surface area contributed by atoms with Crippen LogP contribution in [-0.4, -0.2) is 23.8 Å². The highest BCUT2D eigenvalue weighted by atomic mass is 35.5. The highest BCUT2D eigenvalue weighted by Crippen LogP contribution is 2.43. The fraction of sp³-hybridized carbons (Fsp3) is 0.258. The third kappa shape index (κ3) is 5.58. The molecule has 0 fully saturated rings. The second-order valence-electron chi connectivity index (χ2n) is 9.87. The van der Waals surface area contributed by atoms with Crippen molar-refractivity contribution in [3.63, 3.8) is 0 Å². The molecule has 2 N–H and O–H groups in total. The van der Waals surface area contributed by atoms with Crippen LogP contribution in [0.2, 0.25) is 5.02 Å². The summed E-state index contributed by atoms with van der Waals surface area (Å²) in [5.41, 5.74) is 4.98. The smallest absolute Gasteiger partial charge is 0.255 e. The van der Waals surface area contributed by atoms with E-state index >= 15 is 0 Å². The Bertz CT molecular complexity index is 1570. The second-order valence-corrected chi connectivity index (χ2v) is 10.3. The van der Waals surface area contributed by atoms with Crippen molar-refractivity contribution in [2.24, 2.45) is 0 Å². The Morgan fingerprint density at radius 1 is 1.15 bits per heavy atom. The Balaban J connectivity index is 1.54. The van der Waals surface area contributed by atoms with E-state index < -0.39 is 11.7 Å². The average molecular weight is 562 g/mol. The second kappa shape index (κ2) is 11.5. The summed E-state index contributed by atoms with van der Waals surface area (Å²) in [5, 5.41) is 6.21. The van der Waals surface area contributed by atoms with Gasteiger partial charge in [-0.2, -0.15) is 0 Å². The number of halogens is 2. The molecule has 0 saturated carbocycles. The Morgan fingerprint density at radius 2 is 1.98 bits per heavy atom. The number of rotatable bonds is 7. The van der Waals surface area contributed by atoms with E-state index in [0.717, 1.165) is 29.7 Å². The maximum Gasteiger partial charge on any atom is 0.255 e. The zero-order valence-corrected chi connectivity index (χ0v) is 23.2. The van der Waals surface area contributed by atoms with E-state index in [1.54, 1.807) is 25.4 Å². The topological polar surface area (TPSA) is 89.5 Å². The summed E-state index contributed by atoms with van der Waals surface area (Å²) < 4.78 is 25.1. The number of ether oxygens (including phenoxy) is 2. The minimum Gasteiger partial charge on any atom is -0.496 e. The molecule has 1 aliphatic heterocycles. The number of amides is 1. The van der Waals surface area contributed by atoms with Gasteiger partial charge < -0.3 is 20.1 Å². The van der Waals surface area contributed by atoms with Gasteiger partial charge in [-0.1, -0.05) is 17.7 Å². The SMILES string of the molecule is COc1ccc([C@@H]2C(C(=O)Nc3cc(C)ccn3)=C(C)NC3=C2C(=O)CCC3)cc1COc1ccc(F)c(Cl)c1. The Labute approximate surface area is 237 Å². The Morgan fingerprint density at radius 3 is 2.73 bits per heavy atom. The highest BCUT2D eigenvalue weighted by molar-refractivity contribution is 6.30. The molecule has 3 aromatic rings. The van der Waals surface area contributed by atoms with Crippen molar-refractivity contribution in [1.82, 2.24) is 10.3 Å². The molecule has 0 bridgehead atoms. The third-order valence-corrected chi connectivity index (χ3v) is 7.39. The average Bonchev–Trinajstić information content (AvgIpc) is 2.93. The molecule has 0 unspecified atom stereocenters. The number of carbonyl (C=O) groups excluding carboxylic acids is 2. The van der Waals surface area contributed by atoms with Gasteiger partial charge in [-0.05, 0) is 74.2 Å². The third-order valence-electron chi connectivity index (χ3n) is 7.10. The molecule has 0 radical (unpaired) electrons. The first-order valence-corrected chi connectivity index (χ1v) is 13.4. The standard InChI is InChI=1S/C31H29ClFN3O4/c1-17-11-12-34-27(13-17)36-31(38)28-18(2)35-24-5-4-6-25(37)30(24)29(28)19-7-10-26(39-3)20(14-19)16-40-21-8-9-23(33)22(32)15-21/h7-15,29,35H,4-6,16H2,1-3H3,(H,34,36,38)/t29-/m1/s1. The number of allylic oxidation sites excluding steroid dienone is 3. The number of hydrogen-bond donors (Lipinski definition) is 2. The molecule has 9 heteroatoms. The van der Waals surface area contributed by atoms with Crippen LogP contribution in [0.5, 0.6) is 11.5 Å². The van der Waals surface area contributed by atoms with E-state index in [1.165, 1.54) is 18.2 Å². The predicted molar refractivity (Wildman–Crippen MR) is 151 cm³/mol. The van der Waals surface area contributed by atoms with Crippen LogP contribution < -0.4 is 20.1 Å². The summed E-state index contributed by atoms with van der Waals surface area (Å²) in [6, 6.07) is 13.3. The lowest BCUT2D eigenvalue weighted by atomic mass is 9.74. The van der Waals surface area contributed by atoms with E-state index in [4.69, 9.17) is 21.1 Å². The van der Waals surface area contributed by atoms with Crippen LogP contribution in [0.25, 0.3) is 0 Å². The van der Waals surface area contributed by atoms with E-state index in [9.17, 15) is 14.0 Å². The molecule has 1 atom stereocenters. The van der Waals surface area contributed by atoms with Crippen LogP contribution in [0.3, 0.4) is 0 Å². The van der Waals surface area contributed by atoms with Gasteiger partial charge >= 0.3 is 0 Å². The van der Waals surface area contributed by atoms with Gasteiger partial charge in [0, 0.05) is 52.7 Å². The fourth-order valence-electron chi connectivity index (χ4n) is 5.22. The van der Waals surface area contributed by atoms with Gasteiger partial charge in [0.05, 0.1) is 12.1 Å². The number of dihydropyridines is 1. The normalized spacial score (nSPS) is 16.8. The molecule has 2 aliphatic rings. The molecule has 2 heterocycles. The number of ketones is 1. The molecule has 2 aromatic carbocycles. The summed E-state index contributed by atoms with van der Waals surface area (Å²) >= 11 is 5.92. The minimum atomic E-state index is -0.598. The van der Waals surface area contributed by atoms with Gasteiger partial charge in [0.2, 0.25) is 0 Å². The highest BCUT2D eigenvalue weighted by Gasteiger charge is 2.38. The molecule has 5 rings (SSSR count). The predicted octanol–water partition coefficient (Wildman–Crippen LogP) is 6.38. The lowest BCUT2D eigenvalue weighted by Gasteiger charge is -2.34. The maximum atomic E-state index is 13.8. The molecule has 1 aromatic heterocycles. The van der Waals surface area contributed by atoms with Crippen molar-refractivity contribution in [3.8, 4) is 11.5 Å². The van der Waals surface area contributed by atoms with E-state index in [1.807, 2.05) is 32.0 Å². The molecule has 40 heavy (non-hydrogen) atoms. The molecule has 1 aliphatic carbocycles. The van der Waals surface area contributed by atoms with Crippen LogP contribution in [0.1, 0.15) is 48.8 Å². The summed E-state index contributed by atoms with van der Waals surface area (Å²) in [5.74, 6) is -0.0540. The molecule has 0 spiro atoms.